The van der Waals surface area contributed by atoms with E-state index in [9.17, 15) is 8.42 Å². The summed E-state index contributed by atoms with van der Waals surface area (Å²) < 4.78 is 33.5. The van der Waals surface area contributed by atoms with Crippen LogP contribution in [0.4, 0.5) is 0 Å². The first kappa shape index (κ1) is 19.1. The van der Waals surface area contributed by atoms with E-state index in [1.54, 1.807) is 38.1 Å². The van der Waals surface area contributed by atoms with Gasteiger partial charge in [-0.25, -0.2) is 13.4 Å². The van der Waals surface area contributed by atoms with Gasteiger partial charge in [-0.2, -0.15) is 9.29 Å². The molecule has 1 saturated heterocycles. The van der Waals surface area contributed by atoms with Crippen molar-refractivity contribution >= 4 is 21.6 Å². The molecule has 1 aromatic carbocycles. The van der Waals surface area contributed by atoms with Gasteiger partial charge in [0.1, 0.15) is 11.9 Å². The zero-order chi connectivity index (χ0) is 18.9. The Hall–Kier alpha value is -1.70. The highest BCUT2D eigenvalue weighted by Gasteiger charge is 2.32. The van der Waals surface area contributed by atoms with Crippen molar-refractivity contribution < 1.29 is 13.2 Å². The number of nitrogens with zero attached hydrogens (tertiary/aromatic N) is 3. The summed E-state index contributed by atoms with van der Waals surface area (Å²) in [6, 6.07) is 6.71. The molecule has 1 atom stereocenters. The molecular formula is C18H22ClN3O3S. The third-order valence-electron chi connectivity index (χ3n) is 4.41. The number of aromatic nitrogens is 2. The summed E-state index contributed by atoms with van der Waals surface area (Å²) in [7, 11) is -3.62. The number of hydrogen-bond acceptors (Lipinski definition) is 5. The number of rotatable bonds is 4. The van der Waals surface area contributed by atoms with Gasteiger partial charge in [0.25, 0.3) is 0 Å². The highest BCUT2D eigenvalue weighted by Crippen LogP contribution is 2.28. The number of hydrogen-bond donors (Lipinski definition) is 0. The van der Waals surface area contributed by atoms with Crippen LogP contribution in [-0.4, -0.2) is 41.9 Å². The molecule has 0 N–H and O–H groups in total. The second kappa shape index (κ2) is 7.50. The number of ether oxygens (including phenoxy) is 1. The van der Waals surface area contributed by atoms with Crippen LogP contribution in [0.5, 0.6) is 5.88 Å². The fourth-order valence-corrected chi connectivity index (χ4v) is 5.13. The lowest BCUT2D eigenvalue weighted by Gasteiger charge is -2.32. The topological polar surface area (TPSA) is 72.4 Å². The monoisotopic (exact) mass is 395 g/mol. The summed E-state index contributed by atoms with van der Waals surface area (Å²) in [6.45, 7) is 6.16. The summed E-state index contributed by atoms with van der Waals surface area (Å²) in [4.78, 5) is 8.76. The van der Waals surface area contributed by atoms with Crippen molar-refractivity contribution in [3.05, 3.63) is 46.4 Å². The van der Waals surface area contributed by atoms with Crippen molar-refractivity contribution in [2.24, 2.45) is 0 Å². The average Bonchev–Trinajstić information content (AvgIpc) is 2.56. The average molecular weight is 396 g/mol. The first-order valence-electron chi connectivity index (χ1n) is 8.51. The molecule has 3 rings (SSSR count). The molecule has 0 saturated carbocycles. The fourth-order valence-electron chi connectivity index (χ4n) is 3.14. The molecule has 0 spiro atoms. The smallest absolute Gasteiger partial charge is 0.243 e. The zero-order valence-electron chi connectivity index (χ0n) is 15.1. The lowest BCUT2D eigenvalue weighted by molar-refractivity contribution is 0.124. The van der Waals surface area contributed by atoms with Crippen LogP contribution >= 0.6 is 11.6 Å². The van der Waals surface area contributed by atoms with Gasteiger partial charge < -0.3 is 4.74 Å². The van der Waals surface area contributed by atoms with E-state index in [0.717, 1.165) is 18.5 Å². The Morgan fingerprint density at radius 1 is 1.23 bits per heavy atom. The molecule has 1 aromatic heterocycles. The van der Waals surface area contributed by atoms with E-state index in [-0.39, 0.29) is 17.5 Å². The summed E-state index contributed by atoms with van der Waals surface area (Å²) >= 11 is 6.10. The van der Waals surface area contributed by atoms with E-state index in [0.29, 0.717) is 28.8 Å². The SMILES string of the molecule is Cc1cc(OC2CCCN(S(=O)(=O)c3cccc(Cl)c3C)C2)nc(C)n1. The van der Waals surface area contributed by atoms with E-state index in [1.807, 2.05) is 6.92 Å². The van der Waals surface area contributed by atoms with Crippen molar-refractivity contribution in [3.63, 3.8) is 0 Å². The number of halogens is 1. The van der Waals surface area contributed by atoms with Crippen molar-refractivity contribution in [2.75, 3.05) is 13.1 Å². The third-order valence-corrected chi connectivity index (χ3v) is 6.83. The predicted molar refractivity (Wildman–Crippen MR) is 100 cm³/mol. The van der Waals surface area contributed by atoms with Crippen LogP contribution in [0.3, 0.4) is 0 Å². The van der Waals surface area contributed by atoms with Gasteiger partial charge in [0, 0.05) is 23.3 Å². The van der Waals surface area contributed by atoms with E-state index in [1.165, 1.54) is 4.31 Å². The van der Waals surface area contributed by atoms with Gasteiger partial charge in [0.15, 0.2) is 0 Å². The Labute approximate surface area is 159 Å². The molecule has 1 aliphatic rings. The van der Waals surface area contributed by atoms with Gasteiger partial charge >= 0.3 is 0 Å². The molecule has 8 heteroatoms. The van der Waals surface area contributed by atoms with E-state index >= 15 is 0 Å². The Balaban J connectivity index is 1.80. The second-order valence-corrected chi connectivity index (χ2v) is 8.82. The minimum atomic E-state index is -3.62. The van der Waals surface area contributed by atoms with Gasteiger partial charge in [0.05, 0.1) is 11.4 Å². The van der Waals surface area contributed by atoms with E-state index in [4.69, 9.17) is 16.3 Å². The van der Waals surface area contributed by atoms with Gasteiger partial charge in [-0.3, -0.25) is 0 Å². The number of piperidine rings is 1. The third kappa shape index (κ3) is 4.00. The minimum Gasteiger partial charge on any atom is -0.473 e. The van der Waals surface area contributed by atoms with E-state index < -0.39 is 10.0 Å². The quantitative estimate of drug-likeness (QED) is 0.794. The van der Waals surface area contributed by atoms with Crippen molar-refractivity contribution in [1.82, 2.24) is 14.3 Å². The Bertz CT molecular complexity index is 898. The zero-order valence-corrected chi connectivity index (χ0v) is 16.6. The molecule has 6 nitrogen and oxygen atoms in total. The molecule has 1 fully saturated rings. The van der Waals surface area contributed by atoms with Gasteiger partial charge in [0.2, 0.25) is 15.9 Å². The molecule has 0 radical (unpaired) electrons. The van der Waals surface area contributed by atoms with Crippen LogP contribution in [0.15, 0.2) is 29.2 Å². The maximum Gasteiger partial charge on any atom is 0.243 e. The first-order chi connectivity index (χ1) is 12.3. The highest BCUT2D eigenvalue weighted by atomic mass is 35.5. The largest absolute Gasteiger partial charge is 0.473 e. The standard InChI is InChI=1S/C18H22ClN3O3S/c1-12-10-18(21-14(3)20-12)25-15-6-5-9-22(11-15)26(23,24)17-8-4-7-16(19)13(17)2/h4,7-8,10,15H,5-6,9,11H2,1-3H3. The molecular weight excluding hydrogens is 374 g/mol. The Kier molecular flexibility index (Phi) is 5.50. The fraction of sp³-hybridized carbons (Fsp3) is 0.444. The number of sulfonamides is 1. The highest BCUT2D eigenvalue weighted by molar-refractivity contribution is 7.89. The lowest BCUT2D eigenvalue weighted by Crippen LogP contribution is -2.44. The molecule has 0 bridgehead atoms. The Morgan fingerprint density at radius 2 is 2.00 bits per heavy atom. The molecule has 2 heterocycles. The summed E-state index contributed by atoms with van der Waals surface area (Å²) in [5.41, 5.74) is 1.39. The molecule has 26 heavy (non-hydrogen) atoms. The first-order valence-corrected chi connectivity index (χ1v) is 10.3. The normalized spacial score (nSPS) is 18.7. The molecule has 140 valence electrons. The van der Waals surface area contributed by atoms with E-state index in [2.05, 4.69) is 9.97 Å². The van der Waals surface area contributed by atoms with Gasteiger partial charge in [-0.1, -0.05) is 17.7 Å². The van der Waals surface area contributed by atoms with Crippen LogP contribution in [0.2, 0.25) is 5.02 Å². The molecule has 1 aliphatic heterocycles. The predicted octanol–water partition coefficient (Wildman–Crippen LogP) is 3.29. The molecule has 0 amide bonds. The van der Waals surface area contributed by atoms with Crippen LogP contribution in [-0.2, 0) is 10.0 Å². The van der Waals surface area contributed by atoms with Crippen LogP contribution in [0.1, 0.15) is 29.9 Å². The molecule has 1 unspecified atom stereocenters. The number of aryl methyl sites for hydroxylation is 2. The van der Waals surface area contributed by atoms with Gasteiger partial charge in [-0.15, -0.1) is 0 Å². The summed E-state index contributed by atoms with van der Waals surface area (Å²) in [5.74, 6) is 1.12. The molecule has 2 aromatic rings. The summed E-state index contributed by atoms with van der Waals surface area (Å²) in [5, 5.41) is 0.447. The maximum atomic E-state index is 13.1. The van der Waals surface area contributed by atoms with Crippen molar-refractivity contribution in [2.45, 2.75) is 44.6 Å². The van der Waals surface area contributed by atoms with Crippen LogP contribution in [0.25, 0.3) is 0 Å². The lowest BCUT2D eigenvalue weighted by atomic mass is 10.1. The summed E-state index contributed by atoms with van der Waals surface area (Å²) in [6.07, 6.45) is 1.27. The number of benzene rings is 1. The van der Waals surface area contributed by atoms with Crippen LogP contribution in [0, 0.1) is 20.8 Å². The van der Waals surface area contributed by atoms with Crippen molar-refractivity contribution in [3.8, 4) is 5.88 Å². The second-order valence-electron chi connectivity index (χ2n) is 6.50. The Morgan fingerprint density at radius 3 is 2.73 bits per heavy atom. The van der Waals surface area contributed by atoms with Crippen molar-refractivity contribution in [1.29, 1.82) is 0 Å². The molecule has 0 aliphatic carbocycles. The van der Waals surface area contributed by atoms with Crippen LogP contribution < -0.4 is 4.74 Å². The van der Waals surface area contributed by atoms with Gasteiger partial charge in [-0.05, 0) is 51.3 Å². The minimum absolute atomic E-state index is 0.244. The maximum absolute atomic E-state index is 13.1.